The molecule has 122 valence electrons. The average molecular weight is 336 g/mol. The molecule has 6 nitrogen and oxygen atoms in total. The largest absolute Gasteiger partial charge is 0.462 e. The van der Waals surface area contributed by atoms with Gasteiger partial charge in [0, 0.05) is 6.61 Å². The van der Waals surface area contributed by atoms with E-state index in [9.17, 15) is 4.79 Å². The highest BCUT2D eigenvalue weighted by atomic mass is 35.5. The quantitative estimate of drug-likeness (QED) is 0.631. The zero-order valence-corrected chi connectivity index (χ0v) is 13.7. The summed E-state index contributed by atoms with van der Waals surface area (Å²) in [6.07, 6.45) is 4.32. The van der Waals surface area contributed by atoms with Crippen LogP contribution in [0, 0.1) is 0 Å². The van der Waals surface area contributed by atoms with Gasteiger partial charge in [0.25, 0.3) is 0 Å². The van der Waals surface area contributed by atoms with Gasteiger partial charge in [0.05, 0.1) is 23.3 Å². The zero-order chi connectivity index (χ0) is 16.4. The maximum Gasteiger partial charge on any atom is 0.339 e. The van der Waals surface area contributed by atoms with Crippen LogP contribution in [0.5, 0.6) is 0 Å². The molecule has 2 aromatic rings. The number of fused-ring (bicyclic) bond motifs is 1. The number of nitrogens with zero attached hydrogens (tertiary/aromatic N) is 3. The van der Waals surface area contributed by atoms with Crippen LogP contribution in [0.25, 0.3) is 17.1 Å². The predicted octanol–water partition coefficient (Wildman–Crippen LogP) is 3.60. The van der Waals surface area contributed by atoms with Crippen molar-refractivity contribution < 1.29 is 14.3 Å². The molecule has 0 radical (unpaired) electrons. The predicted molar refractivity (Wildman–Crippen MR) is 87.4 cm³/mol. The Morgan fingerprint density at radius 1 is 1.61 bits per heavy atom. The highest BCUT2D eigenvalue weighted by Gasteiger charge is 2.25. The molecular weight excluding hydrogens is 318 g/mol. The SMILES string of the molecule is C=Cc1nn(C2CCCCO2)c2nc(Cl)cc(C(=O)OCC)c12. The van der Waals surface area contributed by atoms with E-state index in [1.165, 1.54) is 6.07 Å². The van der Waals surface area contributed by atoms with E-state index in [1.807, 2.05) is 0 Å². The monoisotopic (exact) mass is 335 g/mol. The zero-order valence-electron chi connectivity index (χ0n) is 12.9. The van der Waals surface area contributed by atoms with Gasteiger partial charge in [0.15, 0.2) is 11.9 Å². The summed E-state index contributed by atoms with van der Waals surface area (Å²) in [4.78, 5) is 16.6. The highest BCUT2D eigenvalue weighted by molar-refractivity contribution is 6.30. The van der Waals surface area contributed by atoms with Gasteiger partial charge in [-0.25, -0.2) is 14.5 Å². The number of esters is 1. The molecule has 23 heavy (non-hydrogen) atoms. The first-order valence-corrected chi connectivity index (χ1v) is 8.03. The molecule has 1 atom stereocenters. The molecule has 0 bridgehead atoms. The van der Waals surface area contributed by atoms with E-state index >= 15 is 0 Å². The molecule has 3 rings (SSSR count). The molecule has 0 spiro atoms. The third kappa shape index (κ3) is 2.96. The molecule has 0 amide bonds. The van der Waals surface area contributed by atoms with Crippen molar-refractivity contribution in [3.05, 3.63) is 29.1 Å². The number of carbonyl (C=O) groups excluding carboxylic acids is 1. The molecule has 0 aromatic carbocycles. The van der Waals surface area contributed by atoms with Gasteiger partial charge in [-0.1, -0.05) is 18.2 Å². The van der Waals surface area contributed by atoms with Crippen molar-refractivity contribution >= 4 is 34.7 Å². The Labute approximate surface area is 139 Å². The normalized spacial score (nSPS) is 18.1. The number of rotatable bonds is 4. The molecule has 1 saturated heterocycles. The number of ether oxygens (including phenoxy) is 2. The average Bonchev–Trinajstić information content (AvgIpc) is 2.93. The lowest BCUT2D eigenvalue weighted by Gasteiger charge is -2.23. The van der Waals surface area contributed by atoms with Crippen molar-refractivity contribution in [2.24, 2.45) is 0 Å². The van der Waals surface area contributed by atoms with E-state index in [2.05, 4.69) is 16.7 Å². The summed E-state index contributed by atoms with van der Waals surface area (Å²) in [5.41, 5.74) is 1.43. The van der Waals surface area contributed by atoms with Gasteiger partial charge < -0.3 is 9.47 Å². The van der Waals surface area contributed by atoms with E-state index in [1.54, 1.807) is 17.7 Å². The second-order valence-corrected chi connectivity index (χ2v) is 5.65. The van der Waals surface area contributed by atoms with Crippen LogP contribution in [0.2, 0.25) is 5.15 Å². The van der Waals surface area contributed by atoms with Gasteiger partial charge in [-0.2, -0.15) is 5.10 Å². The van der Waals surface area contributed by atoms with E-state index in [0.717, 1.165) is 19.3 Å². The molecule has 2 aromatic heterocycles. The molecule has 0 aliphatic carbocycles. The Morgan fingerprint density at radius 3 is 3.09 bits per heavy atom. The smallest absolute Gasteiger partial charge is 0.339 e. The Bertz CT molecular complexity index is 751. The third-order valence-corrected chi connectivity index (χ3v) is 3.97. The first-order valence-electron chi connectivity index (χ1n) is 7.65. The number of carbonyl (C=O) groups is 1. The minimum atomic E-state index is -0.450. The van der Waals surface area contributed by atoms with Crippen molar-refractivity contribution in [3.63, 3.8) is 0 Å². The van der Waals surface area contributed by atoms with Crippen LogP contribution in [0.1, 0.15) is 48.5 Å². The van der Waals surface area contributed by atoms with Crippen molar-refractivity contribution in [1.82, 2.24) is 14.8 Å². The van der Waals surface area contributed by atoms with E-state index in [0.29, 0.717) is 28.9 Å². The lowest BCUT2D eigenvalue weighted by molar-refractivity contribution is -0.0370. The van der Waals surface area contributed by atoms with Gasteiger partial charge in [0.2, 0.25) is 0 Å². The maximum atomic E-state index is 12.3. The minimum Gasteiger partial charge on any atom is -0.462 e. The van der Waals surface area contributed by atoms with Crippen LogP contribution in [0.15, 0.2) is 12.6 Å². The lowest BCUT2D eigenvalue weighted by atomic mass is 10.1. The van der Waals surface area contributed by atoms with Crippen LogP contribution in [0.4, 0.5) is 0 Å². The molecule has 1 aliphatic heterocycles. The summed E-state index contributed by atoms with van der Waals surface area (Å²) in [6.45, 7) is 6.50. The fourth-order valence-electron chi connectivity index (χ4n) is 2.76. The number of pyridine rings is 1. The Kier molecular flexibility index (Phi) is 4.63. The second-order valence-electron chi connectivity index (χ2n) is 5.27. The van der Waals surface area contributed by atoms with E-state index in [-0.39, 0.29) is 18.0 Å². The molecule has 0 N–H and O–H groups in total. The van der Waals surface area contributed by atoms with Gasteiger partial charge >= 0.3 is 5.97 Å². The van der Waals surface area contributed by atoms with Crippen molar-refractivity contribution in [1.29, 1.82) is 0 Å². The summed E-state index contributed by atoms with van der Waals surface area (Å²) in [5.74, 6) is -0.450. The van der Waals surface area contributed by atoms with Gasteiger partial charge in [-0.3, -0.25) is 0 Å². The van der Waals surface area contributed by atoms with E-state index in [4.69, 9.17) is 21.1 Å². The second kappa shape index (κ2) is 6.68. The van der Waals surface area contributed by atoms with Crippen molar-refractivity contribution in [2.75, 3.05) is 13.2 Å². The lowest BCUT2D eigenvalue weighted by Crippen LogP contribution is -2.19. The van der Waals surface area contributed by atoms with Crippen molar-refractivity contribution in [3.8, 4) is 0 Å². The van der Waals surface area contributed by atoms with E-state index < -0.39 is 5.97 Å². The molecular formula is C16H18ClN3O3. The summed E-state index contributed by atoms with van der Waals surface area (Å²) in [7, 11) is 0. The minimum absolute atomic E-state index is 0.207. The number of aromatic nitrogens is 3. The fraction of sp³-hybridized carbons (Fsp3) is 0.438. The van der Waals surface area contributed by atoms with Crippen LogP contribution in [-0.4, -0.2) is 33.9 Å². The van der Waals surface area contributed by atoms with Crippen LogP contribution < -0.4 is 0 Å². The van der Waals surface area contributed by atoms with Crippen LogP contribution in [0.3, 0.4) is 0 Å². The Morgan fingerprint density at radius 2 is 2.43 bits per heavy atom. The summed E-state index contributed by atoms with van der Waals surface area (Å²) < 4.78 is 12.6. The maximum absolute atomic E-state index is 12.3. The first kappa shape index (κ1) is 16.0. The summed E-state index contributed by atoms with van der Waals surface area (Å²) in [5, 5.41) is 5.33. The Balaban J connectivity index is 2.20. The topological polar surface area (TPSA) is 66.2 Å². The molecule has 0 saturated carbocycles. The van der Waals surface area contributed by atoms with Crippen LogP contribution >= 0.6 is 11.6 Å². The first-order chi connectivity index (χ1) is 11.2. The van der Waals surface area contributed by atoms with Crippen LogP contribution in [-0.2, 0) is 9.47 Å². The van der Waals surface area contributed by atoms with Gasteiger partial charge in [-0.05, 0) is 38.3 Å². The number of hydrogen-bond acceptors (Lipinski definition) is 5. The summed E-state index contributed by atoms with van der Waals surface area (Å²) in [6, 6.07) is 1.50. The molecule has 1 fully saturated rings. The molecule has 3 heterocycles. The number of hydrogen-bond donors (Lipinski definition) is 0. The number of halogens is 1. The molecule has 7 heteroatoms. The standard InChI is InChI=1S/C16H18ClN3O3/c1-3-11-14-10(16(21)22-4-2)9-12(17)18-15(14)20(19-11)13-7-5-6-8-23-13/h3,9,13H,1,4-8H2,2H3. The summed E-state index contributed by atoms with van der Waals surface area (Å²) >= 11 is 6.10. The fourth-order valence-corrected chi connectivity index (χ4v) is 2.95. The van der Waals surface area contributed by atoms with Crippen molar-refractivity contribution in [2.45, 2.75) is 32.4 Å². The van der Waals surface area contributed by atoms with Gasteiger partial charge in [-0.15, -0.1) is 0 Å². The molecule has 1 aliphatic rings. The highest BCUT2D eigenvalue weighted by Crippen LogP contribution is 2.31. The third-order valence-electron chi connectivity index (χ3n) is 3.77. The molecule has 1 unspecified atom stereocenters. The van der Waals surface area contributed by atoms with Gasteiger partial charge in [0.1, 0.15) is 5.15 Å². The Hall–Kier alpha value is -1.92.